The van der Waals surface area contributed by atoms with Gasteiger partial charge >= 0.3 is 6.03 Å². The molecule has 0 spiro atoms. The van der Waals surface area contributed by atoms with Gasteiger partial charge < -0.3 is 9.47 Å². The Labute approximate surface area is 230 Å². The lowest BCUT2D eigenvalue weighted by atomic mass is 9.97. The van der Waals surface area contributed by atoms with Gasteiger partial charge in [-0.15, -0.1) is 0 Å². The Morgan fingerprint density at radius 3 is 2.27 bits per heavy atom. The van der Waals surface area contributed by atoms with E-state index in [-0.39, 0.29) is 17.1 Å². The van der Waals surface area contributed by atoms with Crippen molar-refractivity contribution < 1.29 is 28.2 Å². The summed E-state index contributed by atoms with van der Waals surface area (Å²) in [5, 5.41) is 2.24. The van der Waals surface area contributed by atoms with E-state index >= 15 is 0 Å². The van der Waals surface area contributed by atoms with Gasteiger partial charge in [-0.2, -0.15) is 0 Å². The lowest BCUT2D eigenvalue weighted by Gasteiger charge is -2.26. The van der Waals surface area contributed by atoms with Crippen molar-refractivity contribution in [3.05, 3.63) is 131 Å². The second kappa shape index (κ2) is 11.7. The summed E-state index contributed by atoms with van der Waals surface area (Å²) in [6, 6.07) is 26.6. The SMILES string of the molecule is COc1ccc(/C=C2\C(=O)NC(=O)N(c3ccc(OCc4ccccc4)cc3)C2=O)c(Cc2cccc(F)c2)c1. The molecule has 1 N–H and O–H groups in total. The molecule has 4 amide bonds. The molecule has 7 nitrogen and oxygen atoms in total. The van der Waals surface area contributed by atoms with E-state index in [1.54, 1.807) is 54.6 Å². The monoisotopic (exact) mass is 536 g/mol. The molecular weight excluding hydrogens is 511 g/mol. The molecule has 1 fully saturated rings. The maximum Gasteiger partial charge on any atom is 0.335 e. The van der Waals surface area contributed by atoms with E-state index in [1.165, 1.54) is 25.3 Å². The van der Waals surface area contributed by atoms with Crippen LogP contribution in [0.5, 0.6) is 11.5 Å². The van der Waals surface area contributed by atoms with Gasteiger partial charge in [0.15, 0.2) is 0 Å². The van der Waals surface area contributed by atoms with Crippen LogP contribution in [0.2, 0.25) is 0 Å². The van der Waals surface area contributed by atoms with Crippen molar-refractivity contribution >= 4 is 29.6 Å². The topological polar surface area (TPSA) is 84.9 Å². The molecule has 5 rings (SSSR count). The van der Waals surface area contributed by atoms with Crippen molar-refractivity contribution in [3.63, 3.8) is 0 Å². The maximum absolute atomic E-state index is 13.8. The highest BCUT2D eigenvalue weighted by atomic mass is 19.1. The largest absolute Gasteiger partial charge is 0.497 e. The molecule has 0 radical (unpaired) electrons. The summed E-state index contributed by atoms with van der Waals surface area (Å²) in [6.07, 6.45) is 1.76. The van der Waals surface area contributed by atoms with Crippen molar-refractivity contribution in [2.75, 3.05) is 12.0 Å². The summed E-state index contributed by atoms with van der Waals surface area (Å²) in [4.78, 5) is 39.8. The molecule has 200 valence electrons. The van der Waals surface area contributed by atoms with E-state index in [1.807, 2.05) is 30.3 Å². The Bertz CT molecular complexity index is 1600. The fourth-order valence-corrected chi connectivity index (χ4v) is 4.35. The normalized spacial score (nSPS) is 14.3. The number of methoxy groups -OCH3 is 1. The molecule has 8 heteroatoms. The van der Waals surface area contributed by atoms with E-state index in [2.05, 4.69) is 5.32 Å². The Kier molecular flexibility index (Phi) is 7.68. The summed E-state index contributed by atoms with van der Waals surface area (Å²) >= 11 is 0. The number of nitrogens with zero attached hydrogens (tertiary/aromatic N) is 1. The maximum atomic E-state index is 13.8. The number of halogens is 1. The van der Waals surface area contributed by atoms with Gasteiger partial charge in [0.1, 0.15) is 29.5 Å². The Balaban J connectivity index is 1.41. The zero-order valence-electron chi connectivity index (χ0n) is 21.6. The molecule has 0 bridgehead atoms. The molecular formula is C32H25FN2O5. The van der Waals surface area contributed by atoms with Gasteiger partial charge in [-0.05, 0) is 83.3 Å². The minimum Gasteiger partial charge on any atom is -0.497 e. The van der Waals surface area contributed by atoms with Gasteiger partial charge in [0, 0.05) is 0 Å². The van der Waals surface area contributed by atoms with Crippen LogP contribution in [0.25, 0.3) is 6.08 Å². The first-order valence-corrected chi connectivity index (χ1v) is 12.5. The number of urea groups is 1. The summed E-state index contributed by atoms with van der Waals surface area (Å²) < 4.78 is 24.9. The second-order valence-corrected chi connectivity index (χ2v) is 9.10. The van der Waals surface area contributed by atoms with Gasteiger partial charge in [-0.3, -0.25) is 14.9 Å². The van der Waals surface area contributed by atoms with Gasteiger partial charge in [-0.1, -0.05) is 48.5 Å². The van der Waals surface area contributed by atoms with E-state index in [0.717, 1.165) is 10.5 Å². The summed E-state index contributed by atoms with van der Waals surface area (Å²) in [5.41, 5.74) is 3.04. The third-order valence-electron chi connectivity index (χ3n) is 6.38. The number of barbiturate groups is 1. The molecule has 1 aliphatic heterocycles. The van der Waals surface area contributed by atoms with Crippen LogP contribution in [-0.4, -0.2) is 25.0 Å². The van der Waals surface area contributed by atoms with Crippen LogP contribution in [0.1, 0.15) is 22.3 Å². The number of amides is 4. The van der Waals surface area contributed by atoms with E-state index in [4.69, 9.17) is 9.47 Å². The molecule has 4 aromatic carbocycles. The number of benzene rings is 4. The summed E-state index contributed by atoms with van der Waals surface area (Å²) in [6.45, 7) is 0.366. The number of anilines is 1. The third-order valence-corrected chi connectivity index (χ3v) is 6.38. The number of ether oxygens (including phenoxy) is 2. The van der Waals surface area contributed by atoms with E-state index in [0.29, 0.717) is 41.2 Å². The smallest absolute Gasteiger partial charge is 0.335 e. The number of carbonyl (C=O) groups is 3. The van der Waals surface area contributed by atoms with Crippen LogP contribution in [-0.2, 0) is 22.6 Å². The quantitative estimate of drug-likeness (QED) is 0.232. The van der Waals surface area contributed by atoms with E-state index in [9.17, 15) is 18.8 Å². The molecule has 1 heterocycles. The predicted octanol–water partition coefficient (Wildman–Crippen LogP) is 5.67. The molecule has 0 saturated carbocycles. The molecule has 4 aromatic rings. The molecule has 1 saturated heterocycles. The van der Waals surface area contributed by atoms with Crippen LogP contribution in [0, 0.1) is 5.82 Å². The van der Waals surface area contributed by atoms with Gasteiger partial charge in [-0.25, -0.2) is 14.1 Å². The Morgan fingerprint density at radius 2 is 1.55 bits per heavy atom. The van der Waals surface area contributed by atoms with Crippen molar-refractivity contribution in [3.8, 4) is 11.5 Å². The lowest BCUT2D eigenvalue weighted by Crippen LogP contribution is -2.54. The first kappa shape index (κ1) is 26.4. The van der Waals surface area contributed by atoms with E-state index < -0.39 is 17.8 Å². The van der Waals surface area contributed by atoms with Crippen LogP contribution in [0.15, 0.2) is 103 Å². The van der Waals surface area contributed by atoms with Crippen molar-refractivity contribution in [1.82, 2.24) is 5.32 Å². The van der Waals surface area contributed by atoms with Crippen LogP contribution >= 0.6 is 0 Å². The zero-order chi connectivity index (χ0) is 28.1. The molecule has 0 atom stereocenters. The highest BCUT2D eigenvalue weighted by Gasteiger charge is 2.37. The third kappa shape index (κ3) is 5.91. The molecule has 0 unspecified atom stereocenters. The number of rotatable bonds is 8. The predicted molar refractivity (Wildman–Crippen MR) is 148 cm³/mol. The van der Waals surface area contributed by atoms with Crippen molar-refractivity contribution in [1.29, 1.82) is 0 Å². The molecule has 0 aromatic heterocycles. The number of carbonyl (C=O) groups excluding carboxylic acids is 3. The van der Waals surface area contributed by atoms with Crippen molar-refractivity contribution in [2.45, 2.75) is 13.0 Å². The number of nitrogens with one attached hydrogen (secondary N) is 1. The van der Waals surface area contributed by atoms with Gasteiger partial charge in [0.05, 0.1) is 12.8 Å². The van der Waals surface area contributed by atoms with Gasteiger partial charge in [0.2, 0.25) is 0 Å². The zero-order valence-corrected chi connectivity index (χ0v) is 21.6. The Hall–Kier alpha value is -5.24. The number of hydrogen-bond acceptors (Lipinski definition) is 5. The fraction of sp³-hybridized carbons (Fsp3) is 0.0938. The Morgan fingerprint density at radius 1 is 0.825 bits per heavy atom. The van der Waals surface area contributed by atoms with Gasteiger partial charge in [0.25, 0.3) is 11.8 Å². The first-order valence-electron chi connectivity index (χ1n) is 12.5. The first-order chi connectivity index (χ1) is 19.4. The minimum atomic E-state index is -0.847. The number of imide groups is 2. The second-order valence-electron chi connectivity index (χ2n) is 9.10. The highest BCUT2D eigenvalue weighted by molar-refractivity contribution is 6.39. The average Bonchev–Trinajstić information content (AvgIpc) is 2.96. The fourth-order valence-electron chi connectivity index (χ4n) is 4.35. The molecule has 40 heavy (non-hydrogen) atoms. The molecule has 0 aliphatic carbocycles. The standard InChI is InChI=1S/C32H25FN2O5/c1-39-28-13-10-23(24(18-28)16-22-8-5-9-25(33)17-22)19-29-30(36)34-32(38)35(31(29)37)26-11-14-27(15-12-26)40-20-21-6-3-2-4-7-21/h2-15,17-19H,16,20H2,1H3,(H,34,36,38)/b29-19+. The minimum absolute atomic E-state index is 0.213. The summed E-state index contributed by atoms with van der Waals surface area (Å²) in [7, 11) is 1.53. The van der Waals surface area contributed by atoms with Crippen LogP contribution in [0.3, 0.4) is 0 Å². The van der Waals surface area contributed by atoms with Crippen LogP contribution in [0.4, 0.5) is 14.9 Å². The highest BCUT2D eigenvalue weighted by Crippen LogP contribution is 2.27. The van der Waals surface area contributed by atoms with Crippen LogP contribution < -0.4 is 19.7 Å². The summed E-state index contributed by atoms with van der Waals surface area (Å²) in [5.74, 6) is -0.808. The van der Waals surface area contributed by atoms with Crippen molar-refractivity contribution in [2.24, 2.45) is 0 Å². The molecule has 1 aliphatic rings. The lowest BCUT2D eigenvalue weighted by molar-refractivity contribution is -0.122. The number of hydrogen-bond donors (Lipinski definition) is 1. The average molecular weight is 537 g/mol.